The van der Waals surface area contributed by atoms with Crippen LogP contribution in [0.25, 0.3) is 10.2 Å². The van der Waals surface area contributed by atoms with Crippen LogP contribution in [0.5, 0.6) is 0 Å². The van der Waals surface area contributed by atoms with Crippen molar-refractivity contribution in [1.29, 1.82) is 0 Å². The van der Waals surface area contributed by atoms with Crippen LogP contribution in [0.2, 0.25) is 0 Å². The summed E-state index contributed by atoms with van der Waals surface area (Å²) in [5.41, 5.74) is 1.06. The van der Waals surface area contributed by atoms with E-state index < -0.39 is 0 Å². The van der Waals surface area contributed by atoms with Crippen LogP contribution in [-0.4, -0.2) is 34.1 Å². The van der Waals surface area contributed by atoms with Gasteiger partial charge in [0.05, 0.1) is 10.2 Å². The minimum atomic E-state index is 0.387. The zero-order valence-electron chi connectivity index (χ0n) is 12.1. The molecule has 112 valence electrons. The maximum absolute atomic E-state index is 4.66. The van der Waals surface area contributed by atoms with Gasteiger partial charge in [0.2, 0.25) is 5.95 Å². The van der Waals surface area contributed by atoms with Gasteiger partial charge >= 0.3 is 0 Å². The third-order valence-corrected chi connectivity index (χ3v) is 4.85. The lowest BCUT2D eigenvalue weighted by Gasteiger charge is -2.32. The number of nitrogens with one attached hydrogen (secondary N) is 1. The van der Waals surface area contributed by atoms with Gasteiger partial charge in [0.15, 0.2) is 5.13 Å². The van der Waals surface area contributed by atoms with Crippen LogP contribution in [0.3, 0.4) is 0 Å². The van der Waals surface area contributed by atoms with Crippen LogP contribution >= 0.6 is 11.3 Å². The summed E-state index contributed by atoms with van der Waals surface area (Å²) in [5.74, 6) is 0.818. The number of hydrogen-bond donors (Lipinski definition) is 1. The van der Waals surface area contributed by atoms with Crippen LogP contribution in [0.1, 0.15) is 12.8 Å². The molecule has 1 aliphatic rings. The highest BCUT2D eigenvalue weighted by Gasteiger charge is 2.22. The zero-order chi connectivity index (χ0) is 14.8. The number of thiazole rings is 1. The van der Waals surface area contributed by atoms with Gasteiger partial charge in [-0.2, -0.15) is 0 Å². The molecular formula is C16H17N5S. The molecule has 6 heteroatoms. The monoisotopic (exact) mass is 311 g/mol. The first kappa shape index (κ1) is 13.5. The topological polar surface area (TPSA) is 53.9 Å². The van der Waals surface area contributed by atoms with E-state index in [2.05, 4.69) is 43.4 Å². The molecule has 1 fully saturated rings. The summed E-state index contributed by atoms with van der Waals surface area (Å²) in [6, 6.07) is 10.5. The number of aromatic nitrogens is 3. The maximum Gasteiger partial charge on any atom is 0.225 e. The molecule has 1 atom stereocenters. The summed E-state index contributed by atoms with van der Waals surface area (Å²) < 4.78 is 1.23. The summed E-state index contributed by atoms with van der Waals surface area (Å²) in [6.07, 6.45) is 5.89. The Kier molecular flexibility index (Phi) is 3.60. The van der Waals surface area contributed by atoms with Gasteiger partial charge in [-0.3, -0.25) is 0 Å². The molecule has 0 spiro atoms. The van der Waals surface area contributed by atoms with E-state index in [1.54, 1.807) is 23.7 Å². The van der Waals surface area contributed by atoms with E-state index >= 15 is 0 Å². The van der Waals surface area contributed by atoms with E-state index in [4.69, 9.17) is 0 Å². The molecule has 0 saturated carbocycles. The Hall–Kier alpha value is -2.21. The first-order valence-corrected chi connectivity index (χ1v) is 8.34. The highest BCUT2D eigenvalue weighted by Crippen LogP contribution is 2.27. The highest BCUT2D eigenvalue weighted by atomic mass is 32.1. The molecule has 1 N–H and O–H groups in total. The number of nitrogens with zero attached hydrogens (tertiary/aromatic N) is 4. The van der Waals surface area contributed by atoms with Crippen LogP contribution in [0.15, 0.2) is 42.7 Å². The van der Waals surface area contributed by atoms with Crippen molar-refractivity contribution >= 4 is 32.6 Å². The number of rotatable bonds is 3. The number of anilines is 2. The second-order valence-corrected chi connectivity index (χ2v) is 6.50. The number of fused-ring (bicyclic) bond motifs is 1. The standard InChI is InChI=1S/C16H17N5S/c1-2-7-14-13(6-1)20-16(22-14)19-12-5-3-10-21(11-12)15-17-8-4-9-18-15/h1-2,4,6-9,12H,3,5,10-11H2,(H,19,20)/t12-/m1/s1. The third kappa shape index (κ3) is 2.74. The van der Waals surface area contributed by atoms with Crippen LogP contribution in [-0.2, 0) is 0 Å². The Labute approximate surface area is 133 Å². The molecule has 0 amide bonds. The van der Waals surface area contributed by atoms with E-state index in [1.807, 2.05) is 12.1 Å². The molecule has 0 radical (unpaired) electrons. The molecule has 0 unspecified atom stereocenters. The van der Waals surface area contributed by atoms with Crippen molar-refractivity contribution in [3.63, 3.8) is 0 Å². The smallest absolute Gasteiger partial charge is 0.225 e. The van der Waals surface area contributed by atoms with Gasteiger partial charge in [0.1, 0.15) is 0 Å². The molecule has 4 rings (SSSR count). The van der Waals surface area contributed by atoms with Gasteiger partial charge in [-0.25, -0.2) is 15.0 Å². The van der Waals surface area contributed by atoms with Gasteiger partial charge in [0.25, 0.3) is 0 Å². The van der Waals surface area contributed by atoms with E-state index in [0.717, 1.165) is 42.5 Å². The average molecular weight is 311 g/mol. The molecule has 22 heavy (non-hydrogen) atoms. The quantitative estimate of drug-likeness (QED) is 0.805. The van der Waals surface area contributed by atoms with Crippen molar-refractivity contribution in [3.8, 4) is 0 Å². The van der Waals surface area contributed by atoms with Crippen molar-refractivity contribution in [2.24, 2.45) is 0 Å². The fourth-order valence-corrected chi connectivity index (χ4v) is 3.78. The Balaban J connectivity index is 1.48. The molecule has 2 aromatic heterocycles. The van der Waals surface area contributed by atoms with E-state index in [-0.39, 0.29) is 0 Å². The summed E-state index contributed by atoms with van der Waals surface area (Å²) in [6.45, 7) is 1.93. The van der Waals surface area contributed by atoms with Crippen LogP contribution in [0, 0.1) is 0 Å². The SMILES string of the molecule is c1cnc(N2CCC[C@@H](Nc3nc4ccccc4s3)C2)nc1. The fourth-order valence-electron chi connectivity index (χ4n) is 2.84. The van der Waals surface area contributed by atoms with Crippen LogP contribution < -0.4 is 10.2 Å². The summed E-state index contributed by atoms with van der Waals surface area (Å²) in [7, 11) is 0. The fraction of sp³-hybridized carbons (Fsp3) is 0.312. The lowest BCUT2D eigenvalue weighted by molar-refractivity contribution is 0.522. The predicted molar refractivity (Wildman–Crippen MR) is 90.5 cm³/mol. The predicted octanol–water partition coefficient (Wildman–Crippen LogP) is 3.17. The van der Waals surface area contributed by atoms with Crippen molar-refractivity contribution < 1.29 is 0 Å². The van der Waals surface area contributed by atoms with Gasteiger partial charge in [-0.05, 0) is 31.0 Å². The molecule has 1 aliphatic heterocycles. The van der Waals surface area contributed by atoms with Crippen LogP contribution in [0.4, 0.5) is 11.1 Å². The molecule has 1 saturated heterocycles. The molecular weight excluding hydrogens is 294 g/mol. The second kappa shape index (κ2) is 5.88. The average Bonchev–Trinajstić information content (AvgIpc) is 2.98. The van der Waals surface area contributed by atoms with Crippen molar-refractivity contribution in [3.05, 3.63) is 42.7 Å². The largest absolute Gasteiger partial charge is 0.357 e. The normalized spacial score (nSPS) is 18.5. The minimum Gasteiger partial charge on any atom is -0.357 e. The lowest BCUT2D eigenvalue weighted by atomic mass is 10.1. The van der Waals surface area contributed by atoms with Crippen molar-refractivity contribution in [2.45, 2.75) is 18.9 Å². The van der Waals surface area contributed by atoms with Gasteiger partial charge in [-0.1, -0.05) is 23.5 Å². The van der Waals surface area contributed by atoms with E-state index in [9.17, 15) is 0 Å². The molecule has 0 bridgehead atoms. The third-order valence-electron chi connectivity index (χ3n) is 3.88. The van der Waals surface area contributed by atoms with Crippen molar-refractivity contribution in [1.82, 2.24) is 15.0 Å². The zero-order valence-corrected chi connectivity index (χ0v) is 13.0. The number of piperidine rings is 1. The first-order valence-electron chi connectivity index (χ1n) is 7.52. The number of para-hydroxylation sites is 1. The molecule has 1 aromatic carbocycles. The molecule has 3 aromatic rings. The first-order chi connectivity index (χ1) is 10.9. The van der Waals surface area contributed by atoms with Gasteiger partial charge < -0.3 is 10.2 Å². The van der Waals surface area contributed by atoms with Gasteiger partial charge in [-0.15, -0.1) is 0 Å². The Morgan fingerprint density at radius 3 is 2.86 bits per heavy atom. The summed E-state index contributed by atoms with van der Waals surface area (Å²) in [4.78, 5) is 15.6. The molecule has 3 heterocycles. The van der Waals surface area contributed by atoms with Gasteiger partial charge in [0, 0.05) is 31.5 Å². The highest BCUT2D eigenvalue weighted by molar-refractivity contribution is 7.22. The second-order valence-electron chi connectivity index (χ2n) is 5.47. The Morgan fingerprint density at radius 1 is 1.14 bits per heavy atom. The Morgan fingerprint density at radius 2 is 2.00 bits per heavy atom. The van der Waals surface area contributed by atoms with Crippen molar-refractivity contribution in [2.75, 3.05) is 23.3 Å². The lowest BCUT2D eigenvalue weighted by Crippen LogP contribution is -2.42. The number of hydrogen-bond acceptors (Lipinski definition) is 6. The summed E-state index contributed by atoms with van der Waals surface area (Å²) >= 11 is 1.72. The maximum atomic E-state index is 4.66. The van der Waals surface area contributed by atoms with E-state index in [0.29, 0.717) is 6.04 Å². The molecule has 5 nitrogen and oxygen atoms in total. The Bertz CT molecular complexity index is 724. The number of benzene rings is 1. The minimum absolute atomic E-state index is 0.387. The van der Waals surface area contributed by atoms with E-state index in [1.165, 1.54) is 4.70 Å². The molecule has 0 aliphatic carbocycles. The summed E-state index contributed by atoms with van der Waals surface area (Å²) in [5, 5.41) is 4.58.